The van der Waals surface area contributed by atoms with Crippen LogP contribution in [0.4, 0.5) is 4.39 Å². The van der Waals surface area contributed by atoms with Gasteiger partial charge in [0, 0.05) is 49.9 Å². The highest BCUT2D eigenvalue weighted by Gasteiger charge is 2.21. The molecule has 1 saturated carbocycles. The van der Waals surface area contributed by atoms with Crippen LogP contribution in [0.1, 0.15) is 36.8 Å². The summed E-state index contributed by atoms with van der Waals surface area (Å²) in [7, 11) is 1.73. The number of methoxy groups -OCH3 is 1. The third kappa shape index (κ3) is 3.50. The van der Waals surface area contributed by atoms with Crippen molar-refractivity contribution in [2.45, 2.75) is 51.7 Å². The van der Waals surface area contributed by atoms with E-state index in [0.717, 1.165) is 43.4 Å². The molecule has 0 saturated heterocycles. The van der Waals surface area contributed by atoms with E-state index in [-0.39, 0.29) is 5.82 Å². The van der Waals surface area contributed by atoms with Crippen LogP contribution in [0.2, 0.25) is 0 Å². The van der Waals surface area contributed by atoms with Crippen molar-refractivity contribution in [1.82, 2.24) is 9.88 Å². The third-order valence-electron chi connectivity index (χ3n) is 4.40. The van der Waals surface area contributed by atoms with E-state index in [4.69, 9.17) is 4.74 Å². The first-order chi connectivity index (χ1) is 10.7. The van der Waals surface area contributed by atoms with Gasteiger partial charge in [-0.1, -0.05) is 0 Å². The van der Waals surface area contributed by atoms with Crippen LogP contribution in [-0.2, 0) is 17.8 Å². The molecule has 1 aliphatic rings. The topological polar surface area (TPSA) is 26.2 Å². The number of hydrogen-bond donors (Lipinski definition) is 1. The van der Waals surface area contributed by atoms with Crippen LogP contribution in [0.3, 0.4) is 0 Å². The summed E-state index contributed by atoms with van der Waals surface area (Å²) in [4.78, 5) is 0. The van der Waals surface area contributed by atoms with E-state index in [1.807, 2.05) is 13.0 Å². The Morgan fingerprint density at radius 1 is 1.32 bits per heavy atom. The molecule has 1 aromatic heterocycles. The van der Waals surface area contributed by atoms with Gasteiger partial charge >= 0.3 is 0 Å². The van der Waals surface area contributed by atoms with Crippen LogP contribution in [0.5, 0.6) is 0 Å². The molecule has 0 atom stereocenters. The fraction of sp³-hybridized carbons (Fsp3) is 0.556. The van der Waals surface area contributed by atoms with Crippen LogP contribution in [-0.4, -0.2) is 24.3 Å². The van der Waals surface area contributed by atoms with E-state index in [0.29, 0.717) is 11.6 Å². The van der Waals surface area contributed by atoms with E-state index in [2.05, 4.69) is 16.1 Å². The molecule has 1 heterocycles. The Labute approximate surface area is 131 Å². The second-order valence-corrected chi connectivity index (χ2v) is 6.32. The molecule has 0 spiro atoms. The third-order valence-corrected chi connectivity index (χ3v) is 4.40. The zero-order chi connectivity index (χ0) is 15.5. The predicted octanol–water partition coefficient (Wildman–Crippen LogP) is 3.77. The van der Waals surface area contributed by atoms with Crippen LogP contribution in [0.15, 0.2) is 18.3 Å². The molecule has 1 aromatic carbocycles. The quantitative estimate of drug-likeness (QED) is 0.751. The van der Waals surface area contributed by atoms with Crippen LogP contribution in [0.25, 0.3) is 10.9 Å². The average molecular weight is 304 g/mol. The number of aromatic nitrogens is 1. The Morgan fingerprint density at radius 3 is 2.86 bits per heavy atom. The maximum atomic E-state index is 14.0. The van der Waals surface area contributed by atoms with Gasteiger partial charge in [0.25, 0.3) is 0 Å². The van der Waals surface area contributed by atoms with Gasteiger partial charge in [-0.3, -0.25) is 0 Å². The van der Waals surface area contributed by atoms with Gasteiger partial charge in [0.2, 0.25) is 0 Å². The molecule has 120 valence electrons. The van der Waals surface area contributed by atoms with Gasteiger partial charge in [0.1, 0.15) is 5.82 Å². The van der Waals surface area contributed by atoms with Gasteiger partial charge in [0.15, 0.2) is 0 Å². The number of nitrogens with one attached hydrogen (secondary N) is 1. The monoisotopic (exact) mass is 304 g/mol. The summed E-state index contributed by atoms with van der Waals surface area (Å²) < 4.78 is 21.3. The van der Waals surface area contributed by atoms with Gasteiger partial charge in [-0.2, -0.15) is 0 Å². The van der Waals surface area contributed by atoms with Gasteiger partial charge in [0.05, 0.1) is 0 Å². The zero-order valence-electron chi connectivity index (χ0n) is 13.5. The van der Waals surface area contributed by atoms with E-state index < -0.39 is 0 Å². The molecule has 0 radical (unpaired) electrons. The molecule has 1 fully saturated rings. The summed E-state index contributed by atoms with van der Waals surface area (Å²) in [6.45, 7) is 4.41. The first-order valence-corrected chi connectivity index (χ1v) is 8.19. The van der Waals surface area contributed by atoms with E-state index in [9.17, 15) is 4.39 Å². The lowest BCUT2D eigenvalue weighted by Crippen LogP contribution is -2.15. The molecule has 0 bridgehead atoms. The maximum absolute atomic E-state index is 14.0. The smallest absolute Gasteiger partial charge is 0.126 e. The van der Waals surface area contributed by atoms with Gasteiger partial charge in [-0.15, -0.1) is 0 Å². The SMILES string of the molecule is COCCCCn1cc(CNC2CC2)c2cc(F)c(C)cc21. The van der Waals surface area contributed by atoms with Crippen molar-refractivity contribution in [2.75, 3.05) is 13.7 Å². The van der Waals surface area contributed by atoms with Gasteiger partial charge in [-0.25, -0.2) is 4.39 Å². The number of fused-ring (bicyclic) bond motifs is 1. The van der Waals surface area contributed by atoms with Crippen molar-refractivity contribution in [3.63, 3.8) is 0 Å². The molecular formula is C18H25FN2O. The van der Waals surface area contributed by atoms with E-state index in [1.165, 1.54) is 18.4 Å². The first kappa shape index (κ1) is 15.5. The lowest BCUT2D eigenvalue weighted by atomic mass is 10.1. The minimum atomic E-state index is -0.114. The molecule has 1 aliphatic carbocycles. The normalized spacial score (nSPS) is 14.9. The summed E-state index contributed by atoms with van der Waals surface area (Å²) in [6, 6.07) is 4.33. The van der Waals surface area contributed by atoms with Crippen molar-refractivity contribution in [1.29, 1.82) is 0 Å². The highest BCUT2D eigenvalue weighted by molar-refractivity contribution is 5.84. The van der Waals surface area contributed by atoms with Crippen molar-refractivity contribution >= 4 is 10.9 Å². The molecule has 0 unspecified atom stereocenters. The fourth-order valence-electron chi connectivity index (χ4n) is 2.88. The van der Waals surface area contributed by atoms with Crippen molar-refractivity contribution < 1.29 is 9.13 Å². The predicted molar refractivity (Wildman–Crippen MR) is 87.6 cm³/mol. The lowest BCUT2D eigenvalue weighted by Gasteiger charge is -2.06. The first-order valence-electron chi connectivity index (χ1n) is 8.19. The summed E-state index contributed by atoms with van der Waals surface area (Å²) in [5.41, 5.74) is 3.06. The van der Waals surface area contributed by atoms with Crippen molar-refractivity contribution in [3.8, 4) is 0 Å². The minimum Gasteiger partial charge on any atom is -0.385 e. The molecule has 2 aromatic rings. The Hall–Kier alpha value is -1.39. The number of aryl methyl sites for hydroxylation is 2. The number of hydrogen-bond acceptors (Lipinski definition) is 2. The average Bonchev–Trinajstić information content (AvgIpc) is 3.27. The summed E-state index contributed by atoms with van der Waals surface area (Å²) in [5.74, 6) is -0.114. The summed E-state index contributed by atoms with van der Waals surface area (Å²) in [5, 5.41) is 4.58. The standard InChI is InChI=1S/C18H25FN2O/c1-13-9-18-16(10-17(13)19)14(11-20-15-5-6-15)12-21(18)7-3-4-8-22-2/h9-10,12,15,20H,3-8,11H2,1-2H3. The Morgan fingerprint density at radius 2 is 2.14 bits per heavy atom. The van der Waals surface area contributed by atoms with Crippen molar-refractivity contribution in [3.05, 3.63) is 35.3 Å². The summed E-state index contributed by atoms with van der Waals surface area (Å²) in [6.07, 6.45) is 6.84. The van der Waals surface area contributed by atoms with Crippen molar-refractivity contribution in [2.24, 2.45) is 0 Å². The van der Waals surface area contributed by atoms with Crippen LogP contribution >= 0.6 is 0 Å². The van der Waals surface area contributed by atoms with Gasteiger partial charge in [-0.05, 0) is 55.9 Å². The highest BCUT2D eigenvalue weighted by Crippen LogP contribution is 2.26. The molecule has 4 heteroatoms. The minimum absolute atomic E-state index is 0.114. The summed E-state index contributed by atoms with van der Waals surface area (Å²) >= 11 is 0. The number of benzene rings is 1. The van der Waals surface area contributed by atoms with Crippen LogP contribution in [0, 0.1) is 12.7 Å². The van der Waals surface area contributed by atoms with Crippen LogP contribution < -0.4 is 5.32 Å². The molecule has 0 amide bonds. The molecule has 3 nitrogen and oxygen atoms in total. The molecule has 1 N–H and O–H groups in total. The zero-order valence-corrected chi connectivity index (χ0v) is 13.5. The van der Waals surface area contributed by atoms with E-state index in [1.54, 1.807) is 13.2 Å². The maximum Gasteiger partial charge on any atom is 0.126 e. The second-order valence-electron chi connectivity index (χ2n) is 6.32. The lowest BCUT2D eigenvalue weighted by molar-refractivity contribution is 0.191. The van der Waals surface area contributed by atoms with Gasteiger partial charge < -0.3 is 14.6 Å². The Bertz CT molecular complexity index is 646. The molecule has 0 aliphatic heterocycles. The highest BCUT2D eigenvalue weighted by atomic mass is 19.1. The fourth-order valence-corrected chi connectivity index (χ4v) is 2.88. The molecule has 3 rings (SSSR count). The molecular weight excluding hydrogens is 279 g/mol. The Balaban J connectivity index is 1.83. The number of halogens is 1. The van der Waals surface area contributed by atoms with E-state index >= 15 is 0 Å². The second kappa shape index (κ2) is 6.80. The number of nitrogens with zero attached hydrogens (tertiary/aromatic N) is 1. The number of unbranched alkanes of at least 4 members (excludes halogenated alkanes) is 1. The largest absolute Gasteiger partial charge is 0.385 e. The number of rotatable bonds is 8. The molecule has 22 heavy (non-hydrogen) atoms. The Kier molecular flexibility index (Phi) is 4.79. The number of ether oxygens (including phenoxy) is 1.